The second kappa shape index (κ2) is 5.77. The van der Waals surface area contributed by atoms with Crippen molar-refractivity contribution < 1.29 is 9.66 Å². The van der Waals surface area contributed by atoms with Crippen molar-refractivity contribution in [2.75, 3.05) is 11.9 Å². The van der Waals surface area contributed by atoms with E-state index in [0.29, 0.717) is 5.82 Å². The number of hydrogen-bond acceptors (Lipinski definition) is 5. The predicted molar refractivity (Wildman–Crippen MR) is 67.6 cm³/mol. The van der Waals surface area contributed by atoms with Gasteiger partial charge in [-0.15, -0.1) is 0 Å². The average Bonchev–Trinajstić information content (AvgIpc) is 2.90. The number of ether oxygens (including phenoxy) is 1. The van der Waals surface area contributed by atoms with Crippen molar-refractivity contribution in [3.63, 3.8) is 0 Å². The summed E-state index contributed by atoms with van der Waals surface area (Å²) < 4.78 is 5.64. The van der Waals surface area contributed by atoms with Gasteiger partial charge in [0.2, 0.25) is 0 Å². The fourth-order valence-electron chi connectivity index (χ4n) is 2.15. The lowest BCUT2D eigenvalue weighted by atomic mass is 10.1. The molecule has 1 aromatic heterocycles. The molecular weight excluding hydrogens is 234 g/mol. The summed E-state index contributed by atoms with van der Waals surface area (Å²) in [5, 5.41) is 13.8. The van der Waals surface area contributed by atoms with E-state index in [-0.39, 0.29) is 17.8 Å². The molecule has 1 saturated heterocycles. The van der Waals surface area contributed by atoms with Crippen LogP contribution in [0.3, 0.4) is 0 Å². The second-order valence-electron chi connectivity index (χ2n) is 4.37. The lowest BCUT2D eigenvalue weighted by molar-refractivity contribution is -0.385. The van der Waals surface area contributed by atoms with E-state index < -0.39 is 4.92 Å². The van der Waals surface area contributed by atoms with Gasteiger partial charge < -0.3 is 10.1 Å². The van der Waals surface area contributed by atoms with E-state index in [0.717, 1.165) is 25.9 Å². The zero-order valence-electron chi connectivity index (χ0n) is 10.3. The fourth-order valence-corrected chi connectivity index (χ4v) is 2.15. The fraction of sp³-hybridized carbons (Fsp3) is 0.583. The molecule has 0 saturated carbocycles. The Hall–Kier alpha value is -1.69. The summed E-state index contributed by atoms with van der Waals surface area (Å²) in [4.78, 5) is 14.1. The molecule has 0 amide bonds. The van der Waals surface area contributed by atoms with Gasteiger partial charge in [0.15, 0.2) is 0 Å². The number of anilines is 1. The summed E-state index contributed by atoms with van der Waals surface area (Å²) in [6.07, 6.45) is 4.56. The third-order valence-corrected chi connectivity index (χ3v) is 3.15. The Morgan fingerprint density at radius 2 is 2.50 bits per heavy atom. The first kappa shape index (κ1) is 12.8. The molecule has 18 heavy (non-hydrogen) atoms. The van der Waals surface area contributed by atoms with Gasteiger partial charge in [0, 0.05) is 12.7 Å². The van der Waals surface area contributed by atoms with Crippen LogP contribution < -0.4 is 5.32 Å². The smallest absolute Gasteiger partial charge is 0.287 e. The first-order valence-corrected chi connectivity index (χ1v) is 6.19. The molecule has 0 spiro atoms. The molecule has 1 aliphatic heterocycles. The highest BCUT2D eigenvalue weighted by Crippen LogP contribution is 2.21. The van der Waals surface area contributed by atoms with Crippen molar-refractivity contribution in [3.05, 3.63) is 28.4 Å². The molecule has 1 fully saturated rings. The van der Waals surface area contributed by atoms with E-state index in [1.165, 1.54) is 12.3 Å². The summed E-state index contributed by atoms with van der Waals surface area (Å²) in [5.41, 5.74) is 0.00529. The first-order chi connectivity index (χ1) is 8.70. The monoisotopic (exact) mass is 251 g/mol. The molecule has 6 heteroatoms. The van der Waals surface area contributed by atoms with Crippen LogP contribution in [0.15, 0.2) is 18.3 Å². The van der Waals surface area contributed by atoms with E-state index in [1.807, 2.05) is 0 Å². The SMILES string of the molecule is CCC(Nc1ccc([N+](=O)[O-])cn1)C1CCCO1. The molecule has 6 nitrogen and oxygen atoms in total. The van der Waals surface area contributed by atoms with Gasteiger partial charge in [0.1, 0.15) is 12.0 Å². The first-order valence-electron chi connectivity index (χ1n) is 6.19. The molecule has 2 atom stereocenters. The normalized spacial score (nSPS) is 20.6. The van der Waals surface area contributed by atoms with Gasteiger partial charge in [-0.3, -0.25) is 10.1 Å². The quantitative estimate of drug-likeness (QED) is 0.642. The minimum Gasteiger partial charge on any atom is -0.376 e. The second-order valence-corrected chi connectivity index (χ2v) is 4.37. The summed E-state index contributed by atoms with van der Waals surface area (Å²) in [7, 11) is 0. The molecule has 0 bridgehead atoms. The maximum Gasteiger partial charge on any atom is 0.287 e. The van der Waals surface area contributed by atoms with E-state index in [2.05, 4.69) is 17.2 Å². The molecule has 0 aromatic carbocycles. The maximum absolute atomic E-state index is 10.5. The van der Waals surface area contributed by atoms with Gasteiger partial charge in [0.25, 0.3) is 5.69 Å². The molecule has 98 valence electrons. The van der Waals surface area contributed by atoms with Gasteiger partial charge in [-0.1, -0.05) is 6.92 Å². The van der Waals surface area contributed by atoms with Crippen LogP contribution in [0.2, 0.25) is 0 Å². The summed E-state index contributed by atoms with van der Waals surface area (Å²) in [6, 6.07) is 3.30. The number of nitro groups is 1. The highest BCUT2D eigenvalue weighted by atomic mass is 16.6. The predicted octanol–water partition coefficient (Wildman–Crippen LogP) is 2.36. The molecule has 2 heterocycles. The summed E-state index contributed by atoms with van der Waals surface area (Å²) >= 11 is 0. The van der Waals surface area contributed by atoms with Gasteiger partial charge in [-0.25, -0.2) is 4.98 Å². The highest BCUT2D eigenvalue weighted by molar-refractivity contribution is 5.41. The van der Waals surface area contributed by atoms with Crippen LogP contribution in [-0.2, 0) is 4.74 Å². The lowest BCUT2D eigenvalue weighted by Crippen LogP contribution is -2.32. The van der Waals surface area contributed by atoms with Crippen LogP contribution in [0.25, 0.3) is 0 Å². The molecule has 2 unspecified atom stereocenters. The molecule has 0 aliphatic carbocycles. The van der Waals surface area contributed by atoms with Gasteiger partial charge >= 0.3 is 0 Å². The standard InChI is InChI=1S/C12H17N3O3/c1-2-10(11-4-3-7-18-11)14-12-6-5-9(8-13-12)15(16)17/h5-6,8,10-11H,2-4,7H2,1H3,(H,13,14). The zero-order valence-corrected chi connectivity index (χ0v) is 10.3. The molecular formula is C12H17N3O3. The Bertz CT molecular complexity index is 402. The van der Waals surface area contributed by atoms with Crippen LogP contribution in [0.4, 0.5) is 11.5 Å². The van der Waals surface area contributed by atoms with Crippen molar-refractivity contribution in [1.29, 1.82) is 0 Å². The van der Waals surface area contributed by atoms with Crippen molar-refractivity contribution in [1.82, 2.24) is 4.98 Å². The van der Waals surface area contributed by atoms with Crippen LogP contribution in [-0.4, -0.2) is 28.7 Å². The van der Waals surface area contributed by atoms with Crippen molar-refractivity contribution in [3.8, 4) is 0 Å². The number of nitrogens with zero attached hydrogens (tertiary/aromatic N) is 2. The third kappa shape index (κ3) is 2.95. The van der Waals surface area contributed by atoms with E-state index >= 15 is 0 Å². The number of aromatic nitrogens is 1. The Morgan fingerprint density at radius 3 is 3.00 bits per heavy atom. The number of pyridine rings is 1. The van der Waals surface area contributed by atoms with Crippen LogP contribution >= 0.6 is 0 Å². The topological polar surface area (TPSA) is 77.3 Å². The Balaban J connectivity index is 2.00. The number of rotatable bonds is 5. The lowest BCUT2D eigenvalue weighted by Gasteiger charge is -2.23. The van der Waals surface area contributed by atoms with Crippen molar-refractivity contribution in [2.45, 2.75) is 38.3 Å². The Morgan fingerprint density at radius 1 is 1.67 bits per heavy atom. The minimum atomic E-state index is -0.450. The van der Waals surface area contributed by atoms with E-state index in [9.17, 15) is 10.1 Å². The largest absolute Gasteiger partial charge is 0.376 e. The minimum absolute atomic E-state index is 0.00529. The van der Waals surface area contributed by atoms with Gasteiger partial charge in [-0.2, -0.15) is 0 Å². The Labute approximate surface area is 106 Å². The number of nitrogens with one attached hydrogen (secondary N) is 1. The molecule has 0 radical (unpaired) electrons. The summed E-state index contributed by atoms with van der Waals surface area (Å²) in [6.45, 7) is 2.90. The molecule has 1 aromatic rings. The van der Waals surface area contributed by atoms with Gasteiger partial charge in [0.05, 0.1) is 17.1 Å². The van der Waals surface area contributed by atoms with E-state index in [1.54, 1.807) is 6.07 Å². The molecule has 2 rings (SSSR count). The maximum atomic E-state index is 10.5. The molecule has 1 aliphatic rings. The third-order valence-electron chi connectivity index (χ3n) is 3.15. The van der Waals surface area contributed by atoms with Crippen LogP contribution in [0, 0.1) is 10.1 Å². The van der Waals surface area contributed by atoms with Crippen molar-refractivity contribution in [2.24, 2.45) is 0 Å². The summed E-state index contributed by atoms with van der Waals surface area (Å²) in [5.74, 6) is 0.656. The highest BCUT2D eigenvalue weighted by Gasteiger charge is 2.24. The van der Waals surface area contributed by atoms with Crippen LogP contribution in [0.1, 0.15) is 26.2 Å². The van der Waals surface area contributed by atoms with Crippen molar-refractivity contribution >= 4 is 11.5 Å². The zero-order chi connectivity index (χ0) is 13.0. The molecule has 1 N–H and O–H groups in total. The van der Waals surface area contributed by atoms with Crippen LogP contribution in [0.5, 0.6) is 0 Å². The average molecular weight is 251 g/mol. The Kier molecular flexibility index (Phi) is 4.09. The van der Waals surface area contributed by atoms with E-state index in [4.69, 9.17) is 4.74 Å². The van der Waals surface area contributed by atoms with Gasteiger partial charge in [-0.05, 0) is 25.3 Å². The number of hydrogen-bond donors (Lipinski definition) is 1.